The van der Waals surface area contributed by atoms with Crippen LogP contribution in [0.3, 0.4) is 0 Å². The van der Waals surface area contributed by atoms with Crippen molar-refractivity contribution in [2.45, 2.75) is 31.1 Å². The standard InChI is InChI=1S/C19H14F6N2O3S/c1-3-31(28,29)14-8-13(19(23,24)25)9-26-16(14)15-10(2)17(30-27-15)11-4-6-12(7-5-11)18(20,21)22/h4-9H,3H2,1-2H3. The molecule has 31 heavy (non-hydrogen) atoms. The zero-order chi connectivity index (χ0) is 23.2. The second-order valence-corrected chi connectivity index (χ2v) is 8.78. The Bertz CT molecular complexity index is 1210. The summed E-state index contributed by atoms with van der Waals surface area (Å²) in [5, 5.41) is 3.73. The van der Waals surface area contributed by atoms with Crippen LogP contribution in [0.1, 0.15) is 23.6 Å². The van der Waals surface area contributed by atoms with Crippen molar-refractivity contribution < 1.29 is 39.3 Å². The Labute approximate surface area is 172 Å². The van der Waals surface area contributed by atoms with Crippen molar-refractivity contribution in [3.05, 3.63) is 53.2 Å². The van der Waals surface area contributed by atoms with E-state index in [2.05, 4.69) is 10.1 Å². The molecule has 0 amide bonds. The third kappa shape index (κ3) is 4.43. The maximum atomic E-state index is 13.1. The van der Waals surface area contributed by atoms with Crippen molar-refractivity contribution in [2.75, 3.05) is 5.75 Å². The fraction of sp³-hybridized carbons (Fsp3) is 0.263. The van der Waals surface area contributed by atoms with Crippen molar-refractivity contribution in [3.63, 3.8) is 0 Å². The lowest BCUT2D eigenvalue weighted by Crippen LogP contribution is -2.12. The molecule has 2 aromatic heterocycles. The van der Waals surface area contributed by atoms with Crippen molar-refractivity contribution in [3.8, 4) is 22.7 Å². The lowest BCUT2D eigenvalue weighted by molar-refractivity contribution is -0.138. The molecule has 0 N–H and O–H groups in total. The van der Waals surface area contributed by atoms with Gasteiger partial charge in [-0.1, -0.05) is 24.2 Å². The summed E-state index contributed by atoms with van der Waals surface area (Å²) in [5.74, 6) is -0.448. The van der Waals surface area contributed by atoms with Crippen LogP contribution in [-0.2, 0) is 22.2 Å². The summed E-state index contributed by atoms with van der Waals surface area (Å²) < 4.78 is 107. The number of alkyl halides is 6. The summed E-state index contributed by atoms with van der Waals surface area (Å²) in [6.07, 6.45) is -8.86. The van der Waals surface area contributed by atoms with Gasteiger partial charge < -0.3 is 4.52 Å². The van der Waals surface area contributed by atoms with E-state index in [-0.39, 0.29) is 28.3 Å². The molecule has 0 aliphatic carbocycles. The van der Waals surface area contributed by atoms with Crippen LogP contribution < -0.4 is 0 Å². The van der Waals surface area contributed by atoms with Crippen LogP contribution >= 0.6 is 0 Å². The molecule has 0 saturated heterocycles. The number of aromatic nitrogens is 2. The minimum absolute atomic E-state index is 0.0327. The Morgan fingerprint density at radius 1 is 0.935 bits per heavy atom. The van der Waals surface area contributed by atoms with E-state index in [1.54, 1.807) is 0 Å². The Balaban J connectivity index is 2.14. The molecule has 0 radical (unpaired) electrons. The molecular formula is C19H14F6N2O3S. The van der Waals surface area contributed by atoms with Gasteiger partial charge in [0.25, 0.3) is 0 Å². The van der Waals surface area contributed by atoms with Crippen molar-refractivity contribution in [2.24, 2.45) is 0 Å². The molecule has 3 aromatic rings. The van der Waals surface area contributed by atoms with Crippen LogP contribution in [0.25, 0.3) is 22.7 Å². The predicted molar refractivity (Wildman–Crippen MR) is 97.6 cm³/mol. The summed E-state index contributed by atoms with van der Waals surface area (Å²) in [4.78, 5) is 3.01. The molecule has 0 unspecified atom stereocenters. The van der Waals surface area contributed by atoms with Crippen LogP contribution in [0.5, 0.6) is 0 Å². The molecule has 3 rings (SSSR count). The molecule has 0 fully saturated rings. The Morgan fingerprint density at radius 3 is 2.03 bits per heavy atom. The summed E-state index contributed by atoms with van der Waals surface area (Å²) in [6.45, 7) is 2.71. The van der Waals surface area contributed by atoms with Crippen molar-refractivity contribution in [1.29, 1.82) is 0 Å². The second kappa shape index (κ2) is 7.66. The summed E-state index contributed by atoms with van der Waals surface area (Å²) in [6, 6.07) is 4.43. The first-order valence-electron chi connectivity index (χ1n) is 8.70. The van der Waals surface area contributed by atoms with Gasteiger partial charge >= 0.3 is 12.4 Å². The van der Waals surface area contributed by atoms with Gasteiger partial charge in [0.05, 0.1) is 21.8 Å². The van der Waals surface area contributed by atoms with Gasteiger partial charge in [-0.15, -0.1) is 0 Å². The summed E-state index contributed by atoms with van der Waals surface area (Å²) in [5.41, 5.74) is -2.16. The van der Waals surface area contributed by atoms with E-state index in [1.165, 1.54) is 13.8 Å². The normalized spacial score (nSPS) is 12.9. The van der Waals surface area contributed by atoms with Crippen LogP contribution in [0.2, 0.25) is 0 Å². The lowest BCUT2D eigenvalue weighted by atomic mass is 10.0. The van der Waals surface area contributed by atoms with Crippen molar-refractivity contribution >= 4 is 9.84 Å². The molecule has 0 saturated carbocycles. The van der Waals surface area contributed by atoms with Crippen LogP contribution in [0.4, 0.5) is 26.3 Å². The predicted octanol–water partition coefficient (Wildman–Crippen LogP) is 5.54. The Kier molecular flexibility index (Phi) is 5.63. The fourth-order valence-electron chi connectivity index (χ4n) is 2.81. The van der Waals surface area contributed by atoms with E-state index in [1.807, 2.05) is 0 Å². The topological polar surface area (TPSA) is 73.1 Å². The first kappa shape index (κ1) is 22.8. The number of rotatable bonds is 4. The second-order valence-electron chi connectivity index (χ2n) is 6.53. The average Bonchev–Trinajstić information content (AvgIpc) is 3.07. The van der Waals surface area contributed by atoms with Gasteiger partial charge in [-0.3, -0.25) is 4.98 Å². The quantitative estimate of drug-likeness (QED) is 0.474. The van der Waals surface area contributed by atoms with Gasteiger partial charge in [0.1, 0.15) is 11.4 Å². The molecule has 166 valence electrons. The van der Waals surface area contributed by atoms with Gasteiger partial charge in [-0.2, -0.15) is 26.3 Å². The number of sulfone groups is 1. The monoisotopic (exact) mass is 464 g/mol. The minimum atomic E-state index is -4.81. The smallest absolute Gasteiger partial charge is 0.355 e. The van der Waals surface area contributed by atoms with Crippen LogP contribution in [0.15, 0.2) is 45.9 Å². The highest BCUT2D eigenvalue weighted by atomic mass is 32.2. The third-order valence-corrected chi connectivity index (χ3v) is 6.26. The van der Waals surface area contributed by atoms with E-state index >= 15 is 0 Å². The third-order valence-electron chi connectivity index (χ3n) is 4.52. The van der Waals surface area contributed by atoms with E-state index in [4.69, 9.17) is 4.52 Å². The lowest BCUT2D eigenvalue weighted by Gasteiger charge is -2.11. The molecule has 1 aromatic carbocycles. The molecule has 5 nitrogen and oxygen atoms in total. The summed E-state index contributed by atoms with van der Waals surface area (Å²) >= 11 is 0. The SMILES string of the molecule is CCS(=O)(=O)c1cc(C(F)(F)F)cnc1-c1noc(-c2ccc(C(F)(F)F)cc2)c1C. The number of nitrogens with zero attached hydrogens (tertiary/aromatic N) is 2. The fourth-order valence-corrected chi connectivity index (χ4v) is 3.87. The first-order valence-corrected chi connectivity index (χ1v) is 10.3. The zero-order valence-corrected chi connectivity index (χ0v) is 16.8. The highest BCUT2D eigenvalue weighted by Gasteiger charge is 2.35. The van der Waals surface area contributed by atoms with E-state index in [0.29, 0.717) is 12.3 Å². The Morgan fingerprint density at radius 2 is 1.52 bits per heavy atom. The Hall–Kier alpha value is -2.89. The molecule has 0 spiro atoms. The number of halogens is 6. The molecule has 0 aliphatic heterocycles. The minimum Gasteiger partial charge on any atom is -0.355 e. The average molecular weight is 464 g/mol. The number of benzene rings is 1. The van der Waals surface area contributed by atoms with Gasteiger partial charge in [-0.25, -0.2) is 8.42 Å². The van der Waals surface area contributed by atoms with E-state index < -0.39 is 44.0 Å². The largest absolute Gasteiger partial charge is 0.417 e. The molecule has 0 bridgehead atoms. The van der Waals surface area contributed by atoms with Gasteiger partial charge in [0.2, 0.25) is 0 Å². The van der Waals surface area contributed by atoms with Crippen LogP contribution in [-0.4, -0.2) is 24.3 Å². The van der Waals surface area contributed by atoms with Gasteiger partial charge in [0, 0.05) is 17.3 Å². The molecule has 0 atom stereocenters. The molecule has 2 heterocycles. The maximum absolute atomic E-state index is 13.1. The van der Waals surface area contributed by atoms with E-state index in [0.717, 1.165) is 24.3 Å². The summed E-state index contributed by atoms with van der Waals surface area (Å²) in [7, 11) is -4.12. The molecule has 0 aliphatic rings. The highest BCUT2D eigenvalue weighted by molar-refractivity contribution is 7.91. The van der Waals surface area contributed by atoms with Gasteiger partial charge in [0.15, 0.2) is 15.6 Å². The number of hydrogen-bond donors (Lipinski definition) is 0. The van der Waals surface area contributed by atoms with Crippen molar-refractivity contribution in [1.82, 2.24) is 10.1 Å². The van der Waals surface area contributed by atoms with Crippen LogP contribution in [0, 0.1) is 6.92 Å². The number of pyridine rings is 1. The highest BCUT2D eigenvalue weighted by Crippen LogP contribution is 2.38. The number of hydrogen-bond acceptors (Lipinski definition) is 5. The maximum Gasteiger partial charge on any atom is 0.417 e. The van der Waals surface area contributed by atoms with Gasteiger partial charge in [-0.05, 0) is 25.1 Å². The molecular weight excluding hydrogens is 450 g/mol. The molecule has 12 heteroatoms. The van der Waals surface area contributed by atoms with E-state index in [9.17, 15) is 34.8 Å². The zero-order valence-electron chi connectivity index (χ0n) is 16.0. The first-order chi connectivity index (χ1) is 14.3.